The van der Waals surface area contributed by atoms with Crippen LogP contribution in [0.25, 0.3) is 0 Å². The quantitative estimate of drug-likeness (QED) is 0.919. The number of piperazine rings is 1. The molecule has 1 saturated heterocycles. The van der Waals surface area contributed by atoms with Gasteiger partial charge in [0.15, 0.2) is 0 Å². The Morgan fingerprint density at radius 2 is 2.00 bits per heavy atom. The zero-order chi connectivity index (χ0) is 10.5. The highest BCUT2D eigenvalue weighted by Gasteiger charge is 2.20. The normalized spacial score (nSPS) is 17.7. The fraction of sp³-hybridized carbons (Fsp3) is 0.583. The summed E-state index contributed by atoms with van der Waals surface area (Å²) in [6, 6.07) is 6.69. The van der Waals surface area contributed by atoms with E-state index in [1.54, 1.807) is 0 Å². The van der Waals surface area contributed by atoms with Crippen LogP contribution < -0.4 is 5.32 Å². The van der Waals surface area contributed by atoms with Gasteiger partial charge in [0.2, 0.25) is 0 Å². The first-order valence-corrected chi connectivity index (χ1v) is 5.77. The molecule has 1 atom stereocenters. The van der Waals surface area contributed by atoms with Crippen molar-refractivity contribution in [1.29, 1.82) is 0 Å². The van der Waals surface area contributed by atoms with Crippen LogP contribution in [0.15, 0.2) is 24.4 Å². The van der Waals surface area contributed by atoms with Crippen molar-refractivity contribution in [3.8, 4) is 0 Å². The molecule has 1 aromatic heterocycles. The van der Waals surface area contributed by atoms with Crippen molar-refractivity contribution in [3.05, 3.63) is 30.1 Å². The highest BCUT2D eigenvalue weighted by molar-refractivity contribution is 5.85. The summed E-state index contributed by atoms with van der Waals surface area (Å²) in [6.07, 6.45) is 3.03. The first kappa shape index (κ1) is 16.6. The van der Waals surface area contributed by atoms with Gasteiger partial charge in [0.05, 0.1) is 11.7 Å². The molecule has 0 aromatic carbocycles. The minimum absolute atomic E-state index is 0. The maximum Gasteiger partial charge on any atom is 0.0575 e. The van der Waals surface area contributed by atoms with E-state index in [9.17, 15) is 0 Å². The summed E-state index contributed by atoms with van der Waals surface area (Å²) >= 11 is 0. The van der Waals surface area contributed by atoms with Gasteiger partial charge in [0.1, 0.15) is 0 Å². The zero-order valence-corrected chi connectivity index (χ0v) is 11.8. The Hall–Kier alpha value is -0.350. The van der Waals surface area contributed by atoms with E-state index in [-0.39, 0.29) is 24.8 Å². The van der Waals surface area contributed by atoms with Crippen molar-refractivity contribution in [2.45, 2.75) is 19.4 Å². The van der Waals surface area contributed by atoms with E-state index in [0.717, 1.165) is 32.6 Å². The molecule has 17 heavy (non-hydrogen) atoms. The van der Waals surface area contributed by atoms with E-state index in [1.165, 1.54) is 5.69 Å². The van der Waals surface area contributed by atoms with Crippen LogP contribution in [0, 0.1) is 0 Å². The van der Waals surface area contributed by atoms with Crippen molar-refractivity contribution in [2.24, 2.45) is 0 Å². The van der Waals surface area contributed by atoms with Gasteiger partial charge in [-0.3, -0.25) is 9.88 Å². The van der Waals surface area contributed by atoms with Crippen LogP contribution in [0.1, 0.15) is 25.1 Å². The lowest BCUT2D eigenvalue weighted by molar-refractivity contribution is 0.166. The van der Waals surface area contributed by atoms with Crippen LogP contribution in [0.3, 0.4) is 0 Å². The average molecular weight is 278 g/mol. The second-order valence-electron chi connectivity index (χ2n) is 3.96. The molecule has 1 aromatic rings. The number of aromatic nitrogens is 1. The van der Waals surface area contributed by atoms with Crippen LogP contribution >= 0.6 is 24.8 Å². The number of nitrogens with one attached hydrogen (secondary N) is 1. The highest BCUT2D eigenvalue weighted by Crippen LogP contribution is 2.21. The lowest BCUT2D eigenvalue weighted by atomic mass is 10.1. The van der Waals surface area contributed by atoms with Gasteiger partial charge in [-0.05, 0) is 18.6 Å². The Labute approximate surface area is 116 Å². The second-order valence-corrected chi connectivity index (χ2v) is 3.96. The van der Waals surface area contributed by atoms with Crippen LogP contribution in [-0.2, 0) is 0 Å². The predicted molar refractivity (Wildman–Crippen MR) is 76.2 cm³/mol. The summed E-state index contributed by atoms with van der Waals surface area (Å²) in [4.78, 5) is 6.99. The van der Waals surface area contributed by atoms with Crippen LogP contribution in [0.2, 0.25) is 0 Å². The maximum atomic E-state index is 4.46. The molecule has 1 N–H and O–H groups in total. The summed E-state index contributed by atoms with van der Waals surface area (Å²) in [5.74, 6) is 0. The molecule has 0 radical (unpaired) electrons. The van der Waals surface area contributed by atoms with E-state index in [4.69, 9.17) is 0 Å². The van der Waals surface area contributed by atoms with Gasteiger partial charge in [-0.25, -0.2) is 0 Å². The molecule has 0 bridgehead atoms. The van der Waals surface area contributed by atoms with Crippen molar-refractivity contribution in [2.75, 3.05) is 26.2 Å². The van der Waals surface area contributed by atoms with Gasteiger partial charge in [0, 0.05) is 32.4 Å². The molecule has 1 aliphatic rings. The first-order valence-electron chi connectivity index (χ1n) is 5.77. The summed E-state index contributed by atoms with van der Waals surface area (Å²) < 4.78 is 0. The first-order chi connectivity index (χ1) is 7.42. The lowest BCUT2D eigenvalue weighted by Crippen LogP contribution is -2.45. The largest absolute Gasteiger partial charge is 0.314 e. The van der Waals surface area contributed by atoms with E-state index in [1.807, 2.05) is 12.3 Å². The summed E-state index contributed by atoms with van der Waals surface area (Å²) in [5, 5.41) is 3.38. The SMILES string of the molecule is CC[C@H](c1ccccn1)N1CCNCC1.Cl.Cl. The standard InChI is InChI=1S/C12H19N3.2ClH/c1-2-12(11-5-3-4-6-14-11)15-9-7-13-8-10-15;;/h3-6,12-13H,2,7-10H2,1H3;2*1H/t12-;;/m1../s1. The Bertz CT molecular complexity index is 289. The summed E-state index contributed by atoms with van der Waals surface area (Å²) in [6.45, 7) is 6.71. The minimum atomic E-state index is 0. The number of hydrogen-bond acceptors (Lipinski definition) is 3. The number of halogens is 2. The van der Waals surface area contributed by atoms with Gasteiger partial charge in [-0.15, -0.1) is 24.8 Å². The lowest BCUT2D eigenvalue weighted by Gasteiger charge is -2.34. The van der Waals surface area contributed by atoms with Gasteiger partial charge in [0.25, 0.3) is 0 Å². The molecule has 0 aliphatic carbocycles. The van der Waals surface area contributed by atoms with Crippen molar-refractivity contribution in [1.82, 2.24) is 15.2 Å². The van der Waals surface area contributed by atoms with Crippen LogP contribution in [0.5, 0.6) is 0 Å². The van der Waals surface area contributed by atoms with Crippen LogP contribution in [0.4, 0.5) is 0 Å². The molecular formula is C12H21Cl2N3. The number of rotatable bonds is 3. The molecule has 0 amide bonds. The molecule has 2 rings (SSSR count). The Morgan fingerprint density at radius 1 is 1.29 bits per heavy atom. The van der Waals surface area contributed by atoms with Gasteiger partial charge >= 0.3 is 0 Å². The Morgan fingerprint density at radius 3 is 2.53 bits per heavy atom. The average Bonchev–Trinajstić information content (AvgIpc) is 2.33. The van der Waals surface area contributed by atoms with E-state index in [0.29, 0.717) is 6.04 Å². The van der Waals surface area contributed by atoms with Gasteiger partial charge in [-0.2, -0.15) is 0 Å². The second kappa shape index (κ2) is 8.70. The third-order valence-electron chi connectivity index (χ3n) is 3.01. The van der Waals surface area contributed by atoms with E-state index >= 15 is 0 Å². The monoisotopic (exact) mass is 277 g/mol. The molecule has 5 heteroatoms. The zero-order valence-electron chi connectivity index (χ0n) is 10.1. The molecule has 3 nitrogen and oxygen atoms in total. The number of nitrogens with zero attached hydrogens (tertiary/aromatic N) is 2. The fourth-order valence-electron chi connectivity index (χ4n) is 2.22. The fourth-order valence-corrected chi connectivity index (χ4v) is 2.22. The molecule has 2 heterocycles. The minimum Gasteiger partial charge on any atom is -0.314 e. The van der Waals surface area contributed by atoms with Crippen molar-refractivity contribution < 1.29 is 0 Å². The predicted octanol–water partition coefficient (Wildman–Crippen LogP) is 2.28. The molecule has 1 aliphatic heterocycles. The molecule has 0 unspecified atom stereocenters. The molecule has 1 fully saturated rings. The maximum absolute atomic E-state index is 4.46. The van der Waals surface area contributed by atoms with Crippen molar-refractivity contribution >= 4 is 24.8 Å². The van der Waals surface area contributed by atoms with E-state index < -0.39 is 0 Å². The highest BCUT2D eigenvalue weighted by atomic mass is 35.5. The summed E-state index contributed by atoms with van der Waals surface area (Å²) in [7, 11) is 0. The van der Waals surface area contributed by atoms with Gasteiger partial charge in [-0.1, -0.05) is 13.0 Å². The molecule has 98 valence electrons. The molecular weight excluding hydrogens is 257 g/mol. The topological polar surface area (TPSA) is 28.2 Å². The van der Waals surface area contributed by atoms with Crippen molar-refractivity contribution in [3.63, 3.8) is 0 Å². The third-order valence-corrected chi connectivity index (χ3v) is 3.01. The third kappa shape index (κ3) is 4.43. The smallest absolute Gasteiger partial charge is 0.0575 e. The van der Waals surface area contributed by atoms with E-state index in [2.05, 4.69) is 34.3 Å². The molecule has 0 saturated carbocycles. The Kier molecular flexibility index (Phi) is 8.52. The summed E-state index contributed by atoms with van der Waals surface area (Å²) in [5.41, 5.74) is 1.21. The molecule has 0 spiro atoms. The Balaban J connectivity index is 0.00000128. The number of pyridine rings is 1. The van der Waals surface area contributed by atoms with Crippen LogP contribution in [-0.4, -0.2) is 36.1 Å². The van der Waals surface area contributed by atoms with Gasteiger partial charge < -0.3 is 5.32 Å². The number of hydrogen-bond donors (Lipinski definition) is 1.